The van der Waals surface area contributed by atoms with Gasteiger partial charge in [-0.05, 0) is 118 Å². The molecule has 0 aliphatic rings. The average molecular weight is 736 g/mol. The molecule has 0 saturated carbocycles. The van der Waals surface area contributed by atoms with E-state index in [0.29, 0.717) is 0 Å². The highest BCUT2D eigenvalue weighted by atomic mass is 16.3. The number of furan rings is 1. The van der Waals surface area contributed by atoms with Crippen molar-refractivity contribution in [1.82, 2.24) is 0 Å². The van der Waals surface area contributed by atoms with Crippen LogP contribution in [-0.2, 0) is 0 Å². The summed E-state index contributed by atoms with van der Waals surface area (Å²) in [4.78, 5) is 2.45. The molecule has 268 valence electrons. The van der Waals surface area contributed by atoms with Crippen molar-refractivity contribution in [3.8, 4) is 11.1 Å². The standard InChI is InChI=1S/C56H33NO/c1-2-15-41-34(10-1)11-5-17-42(41)35-26-28-39(29-27-35)57(40-30-31-52-49(33-40)43-16-3-4-23-51(43)58-52)50-32-38-14-8-20-45-44-18-6-12-36-24-25-37-13-7-19-46(54(37)53(36)44)47-21-9-22-48(50)56(47)55(38)45/h1-33H. The number of rotatable bonds is 4. The lowest BCUT2D eigenvalue weighted by atomic mass is 9.87. The summed E-state index contributed by atoms with van der Waals surface area (Å²) in [5.74, 6) is 0. The quantitative estimate of drug-likeness (QED) is 0.167. The smallest absolute Gasteiger partial charge is 0.135 e. The maximum atomic E-state index is 6.35. The van der Waals surface area contributed by atoms with E-state index >= 15 is 0 Å². The molecule has 13 rings (SSSR count). The highest BCUT2D eigenvalue weighted by Crippen LogP contribution is 2.49. The van der Waals surface area contributed by atoms with Gasteiger partial charge in [-0.2, -0.15) is 0 Å². The van der Waals surface area contributed by atoms with Crippen LogP contribution in [-0.4, -0.2) is 0 Å². The molecule has 0 unspecified atom stereocenters. The Morgan fingerprint density at radius 2 is 0.810 bits per heavy atom. The van der Waals surface area contributed by atoms with Crippen LogP contribution in [0.3, 0.4) is 0 Å². The minimum absolute atomic E-state index is 0.884. The van der Waals surface area contributed by atoms with Crippen LogP contribution in [0.15, 0.2) is 205 Å². The first-order valence-corrected chi connectivity index (χ1v) is 20.0. The Balaban J connectivity index is 1.15. The van der Waals surface area contributed by atoms with Crippen molar-refractivity contribution in [2.45, 2.75) is 0 Å². The molecule has 0 fully saturated rings. The lowest BCUT2D eigenvalue weighted by molar-refractivity contribution is 0.669. The zero-order valence-electron chi connectivity index (χ0n) is 31.4. The molecule has 12 aromatic carbocycles. The summed E-state index contributed by atoms with van der Waals surface area (Å²) < 4.78 is 6.35. The van der Waals surface area contributed by atoms with Crippen LogP contribution in [0.4, 0.5) is 17.1 Å². The van der Waals surface area contributed by atoms with Crippen molar-refractivity contribution in [2.24, 2.45) is 0 Å². The van der Waals surface area contributed by atoms with Crippen molar-refractivity contribution < 1.29 is 4.42 Å². The third-order valence-corrected chi connectivity index (χ3v) is 12.5. The van der Waals surface area contributed by atoms with Gasteiger partial charge in [-0.1, -0.05) is 158 Å². The minimum atomic E-state index is 0.884. The summed E-state index contributed by atoms with van der Waals surface area (Å²) in [6.07, 6.45) is 0. The van der Waals surface area contributed by atoms with Crippen LogP contribution in [0.2, 0.25) is 0 Å². The predicted molar refractivity (Wildman–Crippen MR) is 248 cm³/mol. The molecule has 2 heteroatoms. The predicted octanol–water partition coefficient (Wildman–Crippen LogP) is 16.2. The number of para-hydroxylation sites is 1. The first-order chi connectivity index (χ1) is 28.8. The second-order valence-corrected chi connectivity index (χ2v) is 15.6. The van der Waals surface area contributed by atoms with Crippen LogP contribution >= 0.6 is 0 Å². The topological polar surface area (TPSA) is 16.4 Å². The molecule has 58 heavy (non-hydrogen) atoms. The number of nitrogens with zero attached hydrogens (tertiary/aromatic N) is 1. The van der Waals surface area contributed by atoms with E-state index in [1.54, 1.807) is 0 Å². The summed E-state index contributed by atoms with van der Waals surface area (Å²) in [5, 5.41) is 19.9. The van der Waals surface area contributed by atoms with E-state index in [2.05, 4.69) is 199 Å². The fourth-order valence-electron chi connectivity index (χ4n) is 10.0. The van der Waals surface area contributed by atoms with E-state index in [1.807, 2.05) is 6.07 Å². The summed E-state index contributed by atoms with van der Waals surface area (Å²) in [6, 6.07) is 73.6. The molecule has 0 saturated heterocycles. The maximum absolute atomic E-state index is 6.35. The summed E-state index contributed by atoms with van der Waals surface area (Å²) >= 11 is 0. The molecule has 0 aliphatic carbocycles. The van der Waals surface area contributed by atoms with E-state index in [0.717, 1.165) is 39.0 Å². The summed E-state index contributed by atoms with van der Waals surface area (Å²) in [7, 11) is 0. The molecule has 0 atom stereocenters. The third-order valence-electron chi connectivity index (χ3n) is 12.5. The number of hydrogen-bond donors (Lipinski definition) is 0. The third kappa shape index (κ3) is 4.43. The molecule has 0 radical (unpaired) electrons. The van der Waals surface area contributed by atoms with Gasteiger partial charge in [-0.15, -0.1) is 0 Å². The van der Waals surface area contributed by atoms with Crippen molar-refractivity contribution in [3.05, 3.63) is 200 Å². The van der Waals surface area contributed by atoms with Crippen LogP contribution in [0.25, 0.3) is 108 Å². The lowest BCUT2D eigenvalue weighted by Gasteiger charge is -2.28. The SMILES string of the molecule is c1ccc2c(-c3ccc(N(c4ccc5oc6ccccc6c5c4)c4cc5cccc6c7cccc8ccc9cccc(c%10cccc4c%10c56)c9c87)cc3)cccc2c1. The first kappa shape index (κ1) is 31.5. The van der Waals surface area contributed by atoms with E-state index in [4.69, 9.17) is 4.42 Å². The van der Waals surface area contributed by atoms with Gasteiger partial charge in [-0.3, -0.25) is 0 Å². The van der Waals surface area contributed by atoms with Gasteiger partial charge in [0.2, 0.25) is 0 Å². The molecule has 0 bridgehead atoms. The fraction of sp³-hybridized carbons (Fsp3) is 0. The first-order valence-electron chi connectivity index (χ1n) is 20.0. The highest BCUT2D eigenvalue weighted by Gasteiger charge is 2.22. The van der Waals surface area contributed by atoms with Crippen LogP contribution in [0.5, 0.6) is 0 Å². The lowest BCUT2D eigenvalue weighted by Crippen LogP contribution is -2.10. The van der Waals surface area contributed by atoms with Gasteiger partial charge >= 0.3 is 0 Å². The molecule has 13 aromatic rings. The zero-order valence-corrected chi connectivity index (χ0v) is 31.4. The van der Waals surface area contributed by atoms with Gasteiger partial charge in [-0.25, -0.2) is 0 Å². The number of fused-ring (bicyclic) bond motifs is 6. The molecule has 2 nitrogen and oxygen atoms in total. The van der Waals surface area contributed by atoms with Gasteiger partial charge in [0, 0.05) is 32.9 Å². The number of anilines is 3. The Bertz CT molecular complexity index is 3790. The van der Waals surface area contributed by atoms with Crippen LogP contribution in [0.1, 0.15) is 0 Å². The molecule has 0 aliphatic heterocycles. The van der Waals surface area contributed by atoms with E-state index in [1.165, 1.54) is 86.5 Å². The van der Waals surface area contributed by atoms with Crippen LogP contribution < -0.4 is 4.90 Å². The summed E-state index contributed by atoms with van der Waals surface area (Å²) in [6.45, 7) is 0. The van der Waals surface area contributed by atoms with Crippen molar-refractivity contribution in [3.63, 3.8) is 0 Å². The van der Waals surface area contributed by atoms with Gasteiger partial charge < -0.3 is 9.32 Å². The number of benzene rings is 11. The van der Waals surface area contributed by atoms with Gasteiger partial charge in [0.1, 0.15) is 11.2 Å². The van der Waals surface area contributed by atoms with E-state index in [9.17, 15) is 0 Å². The Morgan fingerprint density at radius 1 is 0.293 bits per heavy atom. The Kier molecular flexibility index (Phi) is 6.47. The molecular weight excluding hydrogens is 703 g/mol. The van der Waals surface area contributed by atoms with Crippen molar-refractivity contribution in [2.75, 3.05) is 4.90 Å². The van der Waals surface area contributed by atoms with E-state index in [-0.39, 0.29) is 0 Å². The Morgan fingerprint density at radius 3 is 1.57 bits per heavy atom. The number of hydrogen-bond acceptors (Lipinski definition) is 2. The van der Waals surface area contributed by atoms with E-state index < -0.39 is 0 Å². The van der Waals surface area contributed by atoms with Crippen LogP contribution in [0, 0.1) is 0 Å². The molecule has 1 aromatic heterocycles. The highest BCUT2D eigenvalue weighted by molar-refractivity contribution is 6.38. The molecule has 0 N–H and O–H groups in total. The second kappa shape index (κ2) is 11.9. The zero-order chi connectivity index (χ0) is 37.9. The molecular formula is C56H33NO. The maximum Gasteiger partial charge on any atom is 0.135 e. The van der Waals surface area contributed by atoms with Gasteiger partial charge in [0.25, 0.3) is 0 Å². The average Bonchev–Trinajstić information content (AvgIpc) is 3.66. The molecule has 1 heterocycles. The largest absolute Gasteiger partial charge is 0.456 e. The summed E-state index contributed by atoms with van der Waals surface area (Å²) in [5.41, 5.74) is 7.49. The minimum Gasteiger partial charge on any atom is -0.456 e. The molecule has 0 amide bonds. The Hall–Kier alpha value is -7.68. The second-order valence-electron chi connectivity index (χ2n) is 15.6. The van der Waals surface area contributed by atoms with Gasteiger partial charge in [0.15, 0.2) is 0 Å². The monoisotopic (exact) mass is 735 g/mol. The molecule has 0 spiro atoms. The Labute approximate surface area is 333 Å². The van der Waals surface area contributed by atoms with Crippen molar-refractivity contribution >= 4 is 114 Å². The van der Waals surface area contributed by atoms with Gasteiger partial charge in [0.05, 0.1) is 5.69 Å². The van der Waals surface area contributed by atoms with Crippen molar-refractivity contribution in [1.29, 1.82) is 0 Å². The fourth-order valence-corrected chi connectivity index (χ4v) is 10.0. The normalized spacial score (nSPS) is 12.1.